The molecule has 2 amide bonds. The van der Waals surface area contributed by atoms with E-state index in [0.717, 1.165) is 16.5 Å². The van der Waals surface area contributed by atoms with Gasteiger partial charge in [-0.05, 0) is 36.0 Å². The molecule has 0 unspecified atom stereocenters. The molecule has 1 saturated heterocycles. The van der Waals surface area contributed by atoms with Crippen molar-refractivity contribution in [3.05, 3.63) is 46.5 Å². The van der Waals surface area contributed by atoms with E-state index in [2.05, 4.69) is 28.1 Å². The lowest BCUT2D eigenvalue weighted by Crippen LogP contribution is -2.32. The molecule has 102 valence electrons. The number of hydrogen-bond donors (Lipinski definition) is 0. The average molecular weight is 332 g/mol. The summed E-state index contributed by atoms with van der Waals surface area (Å²) in [5, 5.41) is 0. The van der Waals surface area contributed by atoms with Gasteiger partial charge in [-0.25, -0.2) is 0 Å². The molecule has 1 saturated carbocycles. The minimum Gasteiger partial charge on any atom is -0.278 e. The Labute approximate surface area is 125 Å². The van der Waals surface area contributed by atoms with E-state index in [1.165, 1.54) is 4.90 Å². The lowest BCUT2D eigenvalue weighted by molar-refractivity contribution is -0.141. The molecule has 1 aromatic rings. The van der Waals surface area contributed by atoms with Crippen molar-refractivity contribution in [2.75, 3.05) is 0 Å². The summed E-state index contributed by atoms with van der Waals surface area (Å²) in [4.78, 5) is 26.5. The van der Waals surface area contributed by atoms with Gasteiger partial charge in [0, 0.05) is 4.47 Å². The highest BCUT2D eigenvalue weighted by molar-refractivity contribution is 9.10. The molecule has 3 aliphatic rings. The Morgan fingerprint density at radius 1 is 1.00 bits per heavy atom. The zero-order valence-corrected chi connectivity index (χ0v) is 12.4. The minimum atomic E-state index is -0.0899. The van der Waals surface area contributed by atoms with Gasteiger partial charge < -0.3 is 0 Å². The fraction of sp³-hybridized carbons (Fsp3) is 0.375. The van der Waals surface area contributed by atoms with Crippen molar-refractivity contribution < 1.29 is 9.59 Å². The van der Waals surface area contributed by atoms with Crippen LogP contribution in [0.3, 0.4) is 0 Å². The number of carbonyl (C=O) groups excluding carboxylic acids is 2. The fourth-order valence-corrected chi connectivity index (χ4v) is 4.16. The molecular formula is C16H14BrNO2. The first kappa shape index (κ1) is 12.3. The molecule has 4 atom stereocenters. The van der Waals surface area contributed by atoms with Gasteiger partial charge in [0.1, 0.15) is 0 Å². The predicted molar refractivity (Wildman–Crippen MR) is 77.4 cm³/mol. The number of nitrogens with zero attached hydrogens (tertiary/aromatic N) is 1. The molecule has 4 rings (SSSR count). The molecule has 0 radical (unpaired) electrons. The fourth-order valence-electron chi connectivity index (χ4n) is 3.89. The average Bonchev–Trinajstić information content (AvgIpc) is 3.11. The highest BCUT2D eigenvalue weighted by atomic mass is 79.9. The lowest BCUT2D eigenvalue weighted by Gasteiger charge is -2.17. The zero-order valence-electron chi connectivity index (χ0n) is 10.8. The third-order valence-corrected chi connectivity index (χ3v) is 5.34. The normalized spacial score (nSPS) is 34.1. The van der Waals surface area contributed by atoms with Crippen LogP contribution >= 0.6 is 15.9 Å². The van der Waals surface area contributed by atoms with Gasteiger partial charge in [-0.2, -0.15) is 0 Å². The molecule has 2 fully saturated rings. The molecule has 1 heterocycles. The molecule has 3 nitrogen and oxygen atoms in total. The number of halogens is 1. The molecule has 0 aromatic heterocycles. The Hall–Kier alpha value is -1.42. The van der Waals surface area contributed by atoms with Crippen molar-refractivity contribution in [3.8, 4) is 0 Å². The van der Waals surface area contributed by atoms with Gasteiger partial charge >= 0.3 is 0 Å². The molecule has 4 heteroatoms. The Morgan fingerprint density at radius 2 is 1.55 bits per heavy atom. The van der Waals surface area contributed by atoms with Crippen LogP contribution in [0, 0.1) is 23.7 Å². The molecule has 1 aliphatic heterocycles. The van der Waals surface area contributed by atoms with Crippen molar-refractivity contribution >= 4 is 27.7 Å². The largest absolute Gasteiger partial charge is 0.278 e. The second-order valence-electron chi connectivity index (χ2n) is 5.89. The van der Waals surface area contributed by atoms with E-state index in [-0.39, 0.29) is 35.5 Å². The first-order valence-electron chi connectivity index (χ1n) is 6.93. The van der Waals surface area contributed by atoms with Gasteiger partial charge in [0.05, 0.1) is 18.4 Å². The number of carbonyl (C=O) groups is 2. The first-order chi connectivity index (χ1) is 9.65. The maximum Gasteiger partial charge on any atom is 0.234 e. The van der Waals surface area contributed by atoms with Gasteiger partial charge in [0.2, 0.25) is 11.8 Å². The second-order valence-corrected chi connectivity index (χ2v) is 6.80. The second kappa shape index (κ2) is 4.29. The Kier molecular flexibility index (Phi) is 2.64. The van der Waals surface area contributed by atoms with Crippen molar-refractivity contribution in [2.45, 2.75) is 13.0 Å². The van der Waals surface area contributed by atoms with Crippen LogP contribution in [0.4, 0.5) is 0 Å². The number of amides is 2. The first-order valence-corrected chi connectivity index (χ1v) is 7.72. The number of fused-ring (bicyclic) bond motifs is 5. The van der Waals surface area contributed by atoms with Crippen LogP contribution in [0.2, 0.25) is 0 Å². The van der Waals surface area contributed by atoms with Crippen LogP contribution in [0.1, 0.15) is 12.0 Å². The topological polar surface area (TPSA) is 37.4 Å². The number of hydrogen-bond acceptors (Lipinski definition) is 2. The van der Waals surface area contributed by atoms with Crippen molar-refractivity contribution in [1.82, 2.24) is 4.90 Å². The highest BCUT2D eigenvalue weighted by Crippen LogP contribution is 2.52. The monoisotopic (exact) mass is 331 g/mol. The summed E-state index contributed by atoms with van der Waals surface area (Å²) in [6, 6.07) is 7.77. The van der Waals surface area contributed by atoms with E-state index in [1.54, 1.807) is 0 Å². The van der Waals surface area contributed by atoms with Crippen LogP contribution in [-0.2, 0) is 16.1 Å². The summed E-state index contributed by atoms with van der Waals surface area (Å²) in [6.45, 7) is 0.400. The Bertz CT molecular complexity index is 592. The summed E-state index contributed by atoms with van der Waals surface area (Å²) in [7, 11) is 0. The summed E-state index contributed by atoms with van der Waals surface area (Å²) in [5.74, 6) is 0.452. The van der Waals surface area contributed by atoms with Gasteiger partial charge in [0.15, 0.2) is 0 Å². The van der Waals surface area contributed by atoms with Crippen LogP contribution < -0.4 is 0 Å². The number of rotatable bonds is 2. The molecule has 20 heavy (non-hydrogen) atoms. The highest BCUT2D eigenvalue weighted by Gasteiger charge is 2.59. The quantitative estimate of drug-likeness (QED) is 0.617. The van der Waals surface area contributed by atoms with Crippen molar-refractivity contribution in [2.24, 2.45) is 23.7 Å². The van der Waals surface area contributed by atoms with Gasteiger partial charge in [0.25, 0.3) is 0 Å². The molecular weight excluding hydrogens is 318 g/mol. The van der Waals surface area contributed by atoms with E-state index in [0.29, 0.717) is 6.54 Å². The van der Waals surface area contributed by atoms with Gasteiger partial charge in [-0.15, -0.1) is 0 Å². The Balaban J connectivity index is 1.60. The molecule has 2 bridgehead atoms. The maximum absolute atomic E-state index is 12.5. The van der Waals surface area contributed by atoms with E-state index < -0.39 is 0 Å². The van der Waals surface area contributed by atoms with Crippen molar-refractivity contribution in [1.29, 1.82) is 0 Å². The van der Waals surface area contributed by atoms with E-state index in [1.807, 2.05) is 24.3 Å². The summed E-state index contributed by atoms with van der Waals surface area (Å²) in [6.07, 6.45) is 5.24. The summed E-state index contributed by atoms with van der Waals surface area (Å²) >= 11 is 3.39. The Morgan fingerprint density at radius 3 is 2.10 bits per heavy atom. The zero-order chi connectivity index (χ0) is 13.9. The SMILES string of the molecule is O=C1[C@H]2[C@H](C(=O)N1Cc1ccc(Br)cc1)[C@H]1C=C[C@H]2C1. The van der Waals surface area contributed by atoms with E-state index in [4.69, 9.17) is 0 Å². The third-order valence-electron chi connectivity index (χ3n) is 4.82. The molecule has 1 aromatic carbocycles. The molecule has 0 N–H and O–H groups in total. The van der Waals surface area contributed by atoms with E-state index in [9.17, 15) is 9.59 Å². The van der Waals surface area contributed by atoms with Crippen LogP contribution in [0.25, 0.3) is 0 Å². The summed E-state index contributed by atoms with van der Waals surface area (Å²) in [5.41, 5.74) is 0.996. The standard InChI is InChI=1S/C16H14BrNO2/c17-12-5-1-9(2-6-12)8-18-15(19)13-10-3-4-11(7-10)14(13)16(18)20/h1-6,10-11,13-14H,7-8H2/t10-,11-,13+,14+/m0/s1. The van der Waals surface area contributed by atoms with Crippen molar-refractivity contribution in [3.63, 3.8) is 0 Å². The predicted octanol–water partition coefficient (Wildman–Crippen LogP) is 2.76. The summed E-state index contributed by atoms with van der Waals surface area (Å²) < 4.78 is 0.999. The number of benzene rings is 1. The number of imide groups is 1. The lowest BCUT2D eigenvalue weighted by atomic mass is 9.85. The van der Waals surface area contributed by atoms with Crippen LogP contribution in [0.15, 0.2) is 40.9 Å². The smallest absolute Gasteiger partial charge is 0.234 e. The number of likely N-dealkylation sites (tertiary alicyclic amines) is 1. The van der Waals surface area contributed by atoms with Gasteiger partial charge in [-0.3, -0.25) is 14.5 Å². The van der Waals surface area contributed by atoms with Crippen LogP contribution in [0.5, 0.6) is 0 Å². The van der Waals surface area contributed by atoms with Crippen LogP contribution in [-0.4, -0.2) is 16.7 Å². The molecule has 2 aliphatic carbocycles. The maximum atomic E-state index is 12.5. The molecule has 0 spiro atoms. The van der Waals surface area contributed by atoms with E-state index >= 15 is 0 Å². The third kappa shape index (κ3) is 1.64. The van der Waals surface area contributed by atoms with Gasteiger partial charge in [-0.1, -0.05) is 40.2 Å². The number of allylic oxidation sites excluding steroid dienone is 2. The minimum absolute atomic E-state index is 0.0276.